The summed E-state index contributed by atoms with van der Waals surface area (Å²) in [7, 11) is 0. The smallest absolute Gasteiger partial charge is 0.234 e. The van der Waals surface area contributed by atoms with Gasteiger partial charge in [-0.05, 0) is 24.8 Å². The number of nitrogens with one attached hydrogen (secondary N) is 2. The Hall–Kier alpha value is -1.39. The van der Waals surface area contributed by atoms with Crippen molar-refractivity contribution >= 4 is 5.91 Å². The van der Waals surface area contributed by atoms with E-state index in [0.29, 0.717) is 0 Å². The summed E-state index contributed by atoms with van der Waals surface area (Å²) < 4.78 is 0. The van der Waals surface area contributed by atoms with Crippen LogP contribution in [-0.4, -0.2) is 29.7 Å². The molecule has 1 aromatic carbocycles. The lowest BCUT2D eigenvalue weighted by Gasteiger charge is -2.28. The van der Waals surface area contributed by atoms with Crippen LogP contribution in [0.1, 0.15) is 57.1 Å². The maximum atomic E-state index is 12.3. The predicted molar refractivity (Wildman–Crippen MR) is 88.5 cm³/mol. The SMILES string of the molecule is CCCC(NC(=O)CNC1(CO)CCCC1)c1ccccc1. The Morgan fingerprint density at radius 2 is 1.95 bits per heavy atom. The van der Waals surface area contributed by atoms with Gasteiger partial charge in [-0.1, -0.05) is 56.5 Å². The Labute approximate surface area is 133 Å². The molecule has 1 saturated carbocycles. The second kappa shape index (κ2) is 8.30. The highest BCUT2D eigenvalue weighted by molar-refractivity contribution is 5.78. The summed E-state index contributed by atoms with van der Waals surface area (Å²) in [6.45, 7) is 2.50. The van der Waals surface area contributed by atoms with Crippen molar-refractivity contribution in [2.24, 2.45) is 0 Å². The Bertz CT molecular complexity index is 455. The average Bonchev–Trinajstić information content (AvgIpc) is 3.03. The van der Waals surface area contributed by atoms with Gasteiger partial charge in [0.25, 0.3) is 0 Å². The Balaban J connectivity index is 1.88. The van der Waals surface area contributed by atoms with Crippen LogP contribution in [-0.2, 0) is 4.79 Å². The molecule has 0 heterocycles. The predicted octanol–water partition coefficient (Wildman–Crippen LogP) is 2.54. The van der Waals surface area contributed by atoms with Crippen LogP contribution in [0.15, 0.2) is 30.3 Å². The van der Waals surface area contributed by atoms with Gasteiger partial charge in [-0.2, -0.15) is 0 Å². The van der Waals surface area contributed by atoms with E-state index < -0.39 is 0 Å². The Morgan fingerprint density at radius 3 is 2.55 bits per heavy atom. The number of aliphatic hydroxyl groups excluding tert-OH is 1. The highest BCUT2D eigenvalue weighted by Gasteiger charge is 2.33. The van der Waals surface area contributed by atoms with E-state index in [4.69, 9.17) is 0 Å². The van der Waals surface area contributed by atoms with E-state index >= 15 is 0 Å². The van der Waals surface area contributed by atoms with Crippen LogP contribution in [0.5, 0.6) is 0 Å². The summed E-state index contributed by atoms with van der Waals surface area (Å²) >= 11 is 0. The van der Waals surface area contributed by atoms with Crippen molar-refractivity contribution in [3.8, 4) is 0 Å². The lowest BCUT2D eigenvalue weighted by molar-refractivity contribution is -0.121. The van der Waals surface area contributed by atoms with Gasteiger partial charge in [-0.15, -0.1) is 0 Å². The van der Waals surface area contributed by atoms with Crippen LogP contribution < -0.4 is 10.6 Å². The second-order valence-corrected chi connectivity index (χ2v) is 6.32. The van der Waals surface area contributed by atoms with Gasteiger partial charge in [0.1, 0.15) is 0 Å². The number of hydrogen-bond acceptors (Lipinski definition) is 3. The highest BCUT2D eigenvalue weighted by Crippen LogP contribution is 2.28. The first-order valence-corrected chi connectivity index (χ1v) is 8.39. The van der Waals surface area contributed by atoms with Crippen molar-refractivity contribution < 1.29 is 9.90 Å². The van der Waals surface area contributed by atoms with Crippen molar-refractivity contribution in [1.29, 1.82) is 0 Å². The molecule has 1 aliphatic rings. The number of hydrogen-bond donors (Lipinski definition) is 3. The van der Waals surface area contributed by atoms with E-state index in [0.717, 1.165) is 44.1 Å². The molecule has 4 heteroatoms. The molecule has 3 N–H and O–H groups in total. The molecule has 0 aliphatic heterocycles. The minimum absolute atomic E-state index is 0.00188. The monoisotopic (exact) mass is 304 g/mol. The van der Waals surface area contributed by atoms with E-state index in [1.54, 1.807) is 0 Å². The average molecular weight is 304 g/mol. The number of aliphatic hydroxyl groups is 1. The molecule has 0 spiro atoms. The highest BCUT2D eigenvalue weighted by atomic mass is 16.3. The Morgan fingerprint density at radius 1 is 1.27 bits per heavy atom. The normalized spacial score (nSPS) is 18.1. The largest absolute Gasteiger partial charge is 0.394 e. The van der Waals surface area contributed by atoms with E-state index in [9.17, 15) is 9.90 Å². The van der Waals surface area contributed by atoms with Crippen LogP contribution in [0, 0.1) is 0 Å². The maximum absolute atomic E-state index is 12.3. The molecule has 1 unspecified atom stereocenters. The van der Waals surface area contributed by atoms with Crippen LogP contribution in [0.25, 0.3) is 0 Å². The zero-order chi connectivity index (χ0) is 15.8. The molecule has 2 rings (SSSR count). The van der Waals surface area contributed by atoms with Crippen LogP contribution in [0.4, 0.5) is 0 Å². The molecular weight excluding hydrogens is 276 g/mol. The van der Waals surface area contributed by atoms with E-state index in [1.165, 1.54) is 0 Å². The van der Waals surface area contributed by atoms with Gasteiger partial charge < -0.3 is 15.7 Å². The molecule has 1 aromatic rings. The first-order valence-electron chi connectivity index (χ1n) is 8.39. The second-order valence-electron chi connectivity index (χ2n) is 6.32. The minimum atomic E-state index is -0.246. The molecule has 122 valence electrons. The van der Waals surface area contributed by atoms with Gasteiger partial charge in [0.05, 0.1) is 19.2 Å². The van der Waals surface area contributed by atoms with Crippen molar-refractivity contribution in [1.82, 2.24) is 10.6 Å². The van der Waals surface area contributed by atoms with Gasteiger partial charge in [0.15, 0.2) is 0 Å². The summed E-state index contributed by atoms with van der Waals surface area (Å²) in [6.07, 6.45) is 6.10. The van der Waals surface area contributed by atoms with E-state index in [2.05, 4.69) is 29.7 Å². The summed E-state index contributed by atoms with van der Waals surface area (Å²) in [4.78, 5) is 12.3. The quantitative estimate of drug-likeness (QED) is 0.691. The zero-order valence-corrected chi connectivity index (χ0v) is 13.5. The summed E-state index contributed by atoms with van der Waals surface area (Å²) in [6, 6.07) is 10.2. The molecule has 0 aromatic heterocycles. The number of carbonyl (C=O) groups excluding carboxylic acids is 1. The molecule has 1 atom stereocenters. The zero-order valence-electron chi connectivity index (χ0n) is 13.5. The third-order valence-corrected chi connectivity index (χ3v) is 4.60. The number of amides is 1. The van der Waals surface area contributed by atoms with Crippen molar-refractivity contribution in [3.05, 3.63) is 35.9 Å². The molecule has 0 bridgehead atoms. The first kappa shape index (κ1) is 17.0. The van der Waals surface area contributed by atoms with Crippen molar-refractivity contribution in [2.45, 2.75) is 57.0 Å². The lowest BCUT2D eigenvalue weighted by Crippen LogP contribution is -2.50. The lowest BCUT2D eigenvalue weighted by atomic mass is 9.99. The number of benzene rings is 1. The standard InChI is InChI=1S/C18H28N2O2/c1-2-8-16(15-9-4-3-5-10-15)20-17(22)13-19-18(14-21)11-6-7-12-18/h3-5,9-10,16,19,21H,2,6-8,11-14H2,1H3,(H,20,22). The van der Waals surface area contributed by atoms with Gasteiger partial charge in [-0.25, -0.2) is 0 Å². The molecule has 0 radical (unpaired) electrons. The third-order valence-electron chi connectivity index (χ3n) is 4.60. The molecule has 1 aliphatic carbocycles. The van der Waals surface area contributed by atoms with E-state index in [1.807, 2.05) is 18.2 Å². The minimum Gasteiger partial charge on any atom is -0.394 e. The van der Waals surface area contributed by atoms with Crippen molar-refractivity contribution in [3.63, 3.8) is 0 Å². The van der Waals surface area contributed by atoms with E-state index in [-0.39, 0.29) is 30.6 Å². The first-order chi connectivity index (χ1) is 10.7. The fourth-order valence-corrected chi connectivity index (χ4v) is 3.25. The number of carbonyl (C=O) groups is 1. The van der Waals surface area contributed by atoms with Gasteiger partial charge in [0.2, 0.25) is 5.91 Å². The molecule has 1 fully saturated rings. The molecule has 22 heavy (non-hydrogen) atoms. The fourth-order valence-electron chi connectivity index (χ4n) is 3.25. The molecular formula is C18H28N2O2. The third kappa shape index (κ3) is 4.55. The fraction of sp³-hybridized carbons (Fsp3) is 0.611. The van der Waals surface area contributed by atoms with Crippen LogP contribution in [0.2, 0.25) is 0 Å². The Kier molecular flexibility index (Phi) is 6.40. The van der Waals surface area contributed by atoms with Crippen molar-refractivity contribution in [2.75, 3.05) is 13.2 Å². The van der Waals surface area contributed by atoms with Crippen LogP contribution in [0.3, 0.4) is 0 Å². The summed E-state index contributed by atoms with van der Waals surface area (Å²) in [5, 5.41) is 16.0. The van der Waals surface area contributed by atoms with Crippen LogP contribution >= 0.6 is 0 Å². The molecule has 4 nitrogen and oxygen atoms in total. The number of rotatable bonds is 8. The summed E-state index contributed by atoms with van der Waals surface area (Å²) in [5.74, 6) is 0.00188. The van der Waals surface area contributed by atoms with Gasteiger partial charge >= 0.3 is 0 Å². The maximum Gasteiger partial charge on any atom is 0.234 e. The topological polar surface area (TPSA) is 61.4 Å². The molecule has 0 saturated heterocycles. The molecule has 1 amide bonds. The summed E-state index contributed by atoms with van der Waals surface area (Å²) in [5.41, 5.74) is 0.903. The van der Waals surface area contributed by atoms with Gasteiger partial charge in [-0.3, -0.25) is 4.79 Å². The van der Waals surface area contributed by atoms with Gasteiger partial charge in [0, 0.05) is 5.54 Å².